The summed E-state index contributed by atoms with van der Waals surface area (Å²) < 4.78 is 5.09. The van der Waals surface area contributed by atoms with Gasteiger partial charge in [0, 0.05) is 5.41 Å². The summed E-state index contributed by atoms with van der Waals surface area (Å²) in [5.41, 5.74) is 0.0540. The minimum atomic E-state index is -0.916. The Kier molecular flexibility index (Phi) is 2.00. The van der Waals surface area contributed by atoms with Crippen molar-refractivity contribution in [1.29, 1.82) is 0 Å². The molecule has 0 saturated heterocycles. The first-order chi connectivity index (χ1) is 8.55. The first kappa shape index (κ1) is 11.1. The van der Waals surface area contributed by atoms with Gasteiger partial charge in [-0.15, -0.1) is 0 Å². The summed E-state index contributed by atoms with van der Waals surface area (Å²) in [6.45, 7) is 0. The highest BCUT2D eigenvalue weighted by Gasteiger charge is 2.92. The first-order valence-corrected chi connectivity index (χ1v) is 5.65. The number of carboxylic acid groups (broad SMARTS) is 2. The van der Waals surface area contributed by atoms with Crippen molar-refractivity contribution < 1.29 is 24.5 Å². The largest absolute Gasteiger partial charge is 0.497 e. The second-order valence-electron chi connectivity index (χ2n) is 4.82. The van der Waals surface area contributed by atoms with Crippen LogP contribution in [0.5, 0.6) is 5.75 Å². The summed E-state index contributed by atoms with van der Waals surface area (Å²) in [7, 11) is 1.53. The molecule has 2 fully saturated rings. The number of hydrogen-bond donors (Lipinski definition) is 2. The van der Waals surface area contributed by atoms with Crippen molar-refractivity contribution in [2.45, 2.75) is 5.41 Å². The zero-order valence-corrected chi connectivity index (χ0v) is 9.66. The average Bonchev–Trinajstić information content (AvgIpc) is 3.15. The number of ether oxygens (including phenoxy) is 1. The summed E-state index contributed by atoms with van der Waals surface area (Å²) in [5, 5.41) is 18.2. The fourth-order valence-electron chi connectivity index (χ4n) is 3.30. The highest BCUT2D eigenvalue weighted by Crippen LogP contribution is 2.84. The molecular weight excluding hydrogens is 236 g/mol. The molecule has 2 aliphatic carbocycles. The van der Waals surface area contributed by atoms with Crippen molar-refractivity contribution in [3.8, 4) is 5.75 Å². The zero-order chi connectivity index (χ0) is 13.1. The molecule has 94 valence electrons. The molecule has 5 nitrogen and oxygen atoms in total. The molecule has 0 heterocycles. The first-order valence-electron chi connectivity index (χ1n) is 5.65. The monoisotopic (exact) mass is 248 g/mol. The summed E-state index contributed by atoms with van der Waals surface area (Å²) in [6, 6.07) is 7.03. The zero-order valence-electron chi connectivity index (χ0n) is 9.66. The molecule has 0 unspecified atom stereocenters. The molecule has 5 heteroatoms. The SMILES string of the molecule is COc1cccc(C23C([C@H]2C(=O)O)[C@H]3C(=O)O)c1. The Labute approximate surface area is 103 Å². The van der Waals surface area contributed by atoms with Gasteiger partial charge in [0.05, 0.1) is 18.9 Å². The van der Waals surface area contributed by atoms with Gasteiger partial charge < -0.3 is 14.9 Å². The van der Waals surface area contributed by atoms with Crippen molar-refractivity contribution in [1.82, 2.24) is 0 Å². The van der Waals surface area contributed by atoms with Crippen LogP contribution in [0.25, 0.3) is 0 Å². The van der Waals surface area contributed by atoms with Crippen molar-refractivity contribution in [3.63, 3.8) is 0 Å². The molecule has 0 aromatic heterocycles. The third kappa shape index (κ3) is 1.11. The quantitative estimate of drug-likeness (QED) is 0.829. The van der Waals surface area contributed by atoms with E-state index >= 15 is 0 Å². The van der Waals surface area contributed by atoms with Crippen LogP contribution in [0, 0.1) is 17.8 Å². The lowest BCUT2D eigenvalue weighted by molar-refractivity contribution is -0.144. The summed E-state index contributed by atoms with van der Waals surface area (Å²) in [4.78, 5) is 22.2. The number of carboxylic acids is 2. The number of carbonyl (C=O) groups is 2. The van der Waals surface area contributed by atoms with Crippen LogP contribution >= 0.6 is 0 Å². The maximum atomic E-state index is 11.1. The Bertz CT molecular complexity index is 528. The van der Waals surface area contributed by atoms with Gasteiger partial charge in [0.25, 0.3) is 0 Å². The summed E-state index contributed by atoms with van der Waals surface area (Å²) in [6.07, 6.45) is 0. The normalized spacial score (nSPS) is 35.5. The predicted molar refractivity (Wildman–Crippen MR) is 60.4 cm³/mol. The smallest absolute Gasteiger partial charge is 0.307 e. The van der Waals surface area contributed by atoms with E-state index in [1.165, 1.54) is 7.11 Å². The van der Waals surface area contributed by atoms with Crippen molar-refractivity contribution >= 4 is 11.9 Å². The Morgan fingerprint density at radius 2 is 1.83 bits per heavy atom. The standard InChI is InChI=1S/C13H12O5/c1-18-7-4-2-3-6(5-7)13-8(9(13)11(14)15)10(13)12(16)17/h2-5,8-10H,1H3,(H,14,15)(H,16,17)/t8?,9-,10-,13?/m0/s1. The van der Waals surface area contributed by atoms with Crippen LogP contribution in [-0.2, 0) is 15.0 Å². The van der Waals surface area contributed by atoms with Crippen molar-refractivity contribution in [2.75, 3.05) is 7.11 Å². The minimum absolute atomic E-state index is 0.264. The second-order valence-corrected chi connectivity index (χ2v) is 4.82. The van der Waals surface area contributed by atoms with Crippen LogP contribution in [0.15, 0.2) is 24.3 Å². The van der Waals surface area contributed by atoms with Crippen LogP contribution in [0.3, 0.4) is 0 Å². The maximum absolute atomic E-state index is 11.1. The fraction of sp³-hybridized carbons (Fsp3) is 0.385. The molecule has 0 aliphatic heterocycles. The maximum Gasteiger partial charge on any atom is 0.307 e. The molecule has 2 N–H and O–H groups in total. The molecule has 0 radical (unpaired) electrons. The van der Waals surface area contributed by atoms with Crippen LogP contribution in [0.4, 0.5) is 0 Å². The lowest BCUT2D eigenvalue weighted by Crippen LogP contribution is -2.25. The van der Waals surface area contributed by atoms with Gasteiger partial charge in [-0.1, -0.05) is 12.1 Å². The molecule has 2 atom stereocenters. The number of hydrogen-bond acceptors (Lipinski definition) is 3. The number of rotatable bonds is 4. The Morgan fingerprint density at radius 3 is 2.33 bits per heavy atom. The topological polar surface area (TPSA) is 83.8 Å². The minimum Gasteiger partial charge on any atom is -0.497 e. The molecule has 3 rings (SSSR count). The van der Waals surface area contributed by atoms with Gasteiger partial charge in [-0.3, -0.25) is 9.59 Å². The Morgan fingerprint density at radius 1 is 1.22 bits per heavy atom. The highest BCUT2D eigenvalue weighted by molar-refractivity contribution is 5.92. The molecule has 2 aliphatic rings. The number of methoxy groups -OCH3 is 1. The van der Waals surface area contributed by atoms with Crippen molar-refractivity contribution in [2.24, 2.45) is 17.8 Å². The number of benzene rings is 1. The van der Waals surface area contributed by atoms with E-state index in [1.54, 1.807) is 24.3 Å². The lowest BCUT2D eigenvalue weighted by Gasteiger charge is -2.14. The molecule has 0 spiro atoms. The third-order valence-corrected chi connectivity index (χ3v) is 4.18. The highest BCUT2D eigenvalue weighted by atomic mass is 16.5. The van der Waals surface area contributed by atoms with E-state index in [0.29, 0.717) is 5.75 Å². The van der Waals surface area contributed by atoms with E-state index < -0.39 is 29.2 Å². The predicted octanol–water partition coefficient (Wildman–Crippen LogP) is 0.978. The Balaban J connectivity index is 1.98. The van der Waals surface area contributed by atoms with E-state index in [1.807, 2.05) is 0 Å². The molecular formula is C13H12O5. The lowest BCUT2D eigenvalue weighted by atomic mass is 9.90. The summed E-state index contributed by atoms with van der Waals surface area (Å²) >= 11 is 0. The van der Waals surface area contributed by atoms with Gasteiger partial charge in [0.2, 0.25) is 0 Å². The number of fused-ring (bicyclic) bond motifs is 1. The third-order valence-electron chi connectivity index (χ3n) is 4.18. The van der Waals surface area contributed by atoms with Gasteiger partial charge in [-0.2, -0.15) is 0 Å². The van der Waals surface area contributed by atoms with E-state index in [-0.39, 0.29) is 5.92 Å². The van der Waals surface area contributed by atoms with Crippen LogP contribution in [0.1, 0.15) is 5.56 Å². The molecule has 18 heavy (non-hydrogen) atoms. The van der Waals surface area contributed by atoms with Gasteiger partial charge in [0.15, 0.2) is 0 Å². The average molecular weight is 248 g/mol. The van der Waals surface area contributed by atoms with Gasteiger partial charge in [-0.05, 0) is 23.6 Å². The number of aliphatic carboxylic acids is 2. The van der Waals surface area contributed by atoms with E-state index in [2.05, 4.69) is 0 Å². The molecule has 1 aromatic carbocycles. The van der Waals surface area contributed by atoms with Gasteiger partial charge >= 0.3 is 11.9 Å². The molecule has 1 aromatic rings. The molecule has 0 bridgehead atoms. The Hall–Kier alpha value is -2.04. The van der Waals surface area contributed by atoms with Gasteiger partial charge in [-0.25, -0.2) is 0 Å². The summed E-state index contributed by atoms with van der Waals surface area (Å²) in [5.74, 6) is -2.61. The van der Waals surface area contributed by atoms with Crippen LogP contribution in [0.2, 0.25) is 0 Å². The van der Waals surface area contributed by atoms with E-state index in [9.17, 15) is 9.59 Å². The second kappa shape index (κ2) is 3.25. The van der Waals surface area contributed by atoms with E-state index in [4.69, 9.17) is 14.9 Å². The fourth-order valence-corrected chi connectivity index (χ4v) is 3.30. The molecule has 0 amide bonds. The van der Waals surface area contributed by atoms with Crippen LogP contribution in [-0.4, -0.2) is 29.3 Å². The van der Waals surface area contributed by atoms with Gasteiger partial charge in [0.1, 0.15) is 5.75 Å². The van der Waals surface area contributed by atoms with Crippen molar-refractivity contribution in [3.05, 3.63) is 29.8 Å². The van der Waals surface area contributed by atoms with E-state index in [0.717, 1.165) is 5.56 Å². The van der Waals surface area contributed by atoms with Crippen LogP contribution < -0.4 is 4.74 Å². The molecule has 2 saturated carbocycles.